The van der Waals surface area contributed by atoms with E-state index in [-0.39, 0.29) is 12.6 Å². The molecule has 0 amide bonds. The molecule has 1 fully saturated rings. The van der Waals surface area contributed by atoms with E-state index in [2.05, 4.69) is 5.32 Å². The van der Waals surface area contributed by atoms with Crippen molar-refractivity contribution < 1.29 is 14.3 Å². The van der Waals surface area contributed by atoms with Crippen molar-refractivity contribution in [3.05, 3.63) is 35.9 Å². The standard InChI is InChI=1S/C17H25NO3/c1-18-17(16(19)20-2,15-10-4-3-5-11-15)13-21-12-14-8-6-7-9-14/h3-5,10-11,14,18H,6-9,12-13H2,1-2H3. The van der Waals surface area contributed by atoms with E-state index in [1.807, 2.05) is 30.3 Å². The molecule has 4 nitrogen and oxygen atoms in total. The summed E-state index contributed by atoms with van der Waals surface area (Å²) in [7, 11) is 3.18. The fourth-order valence-electron chi connectivity index (χ4n) is 3.03. The first kappa shape index (κ1) is 16.0. The lowest BCUT2D eigenvalue weighted by molar-refractivity contribution is -0.152. The normalized spacial score (nSPS) is 18.4. The predicted octanol–water partition coefficient (Wildman–Crippen LogP) is 2.48. The SMILES string of the molecule is CNC(COCC1CCCC1)(C(=O)OC)c1ccccc1. The summed E-state index contributed by atoms with van der Waals surface area (Å²) in [4.78, 5) is 12.3. The predicted molar refractivity (Wildman–Crippen MR) is 82.0 cm³/mol. The fraction of sp³-hybridized carbons (Fsp3) is 0.588. The average molecular weight is 291 g/mol. The molecule has 0 aliphatic heterocycles. The van der Waals surface area contributed by atoms with Crippen LogP contribution in [0.2, 0.25) is 0 Å². The van der Waals surface area contributed by atoms with Crippen LogP contribution in [0.5, 0.6) is 0 Å². The van der Waals surface area contributed by atoms with Crippen LogP contribution in [-0.2, 0) is 19.8 Å². The first-order valence-electron chi connectivity index (χ1n) is 7.63. The Labute approximate surface area is 126 Å². The second kappa shape index (κ2) is 7.57. The number of carbonyl (C=O) groups is 1. The smallest absolute Gasteiger partial charge is 0.333 e. The van der Waals surface area contributed by atoms with Gasteiger partial charge in [0.05, 0.1) is 13.7 Å². The van der Waals surface area contributed by atoms with Gasteiger partial charge in [0.25, 0.3) is 0 Å². The van der Waals surface area contributed by atoms with E-state index < -0.39 is 5.54 Å². The van der Waals surface area contributed by atoms with Gasteiger partial charge in [0, 0.05) is 6.61 Å². The van der Waals surface area contributed by atoms with Gasteiger partial charge in [-0.15, -0.1) is 0 Å². The first-order chi connectivity index (χ1) is 10.2. The highest BCUT2D eigenvalue weighted by Gasteiger charge is 2.40. The van der Waals surface area contributed by atoms with Crippen LogP contribution in [0.25, 0.3) is 0 Å². The number of benzene rings is 1. The number of hydrogen-bond acceptors (Lipinski definition) is 4. The van der Waals surface area contributed by atoms with E-state index in [1.54, 1.807) is 7.05 Å². The molecule has 2 rings (SSSR count). The van der Waals surface area contributed by atoms with Gasteiger partial charge in [0.1, 0.15) is 0 Å². The van der Waals surface area contributed by atoms with Gasteiger partial charge in [0.15, 0.2) is 5.54 Å². The van der Waals surface area contributed by atoms with Crippen LogP contribution in [-0.4, -0.2) is 33.3 Å². The van der Waals surface area contributed by atoms with Crippen LogP contribution < -0.4 is 5.32 Å². The Kier molecular flexibility index (Phi) is 5.76. The molecule has 0 radical (unpaired) electrons. The summed E-state index contributed by atoms with van der Waals surface area (Å²) in [5, 5.41) is 3.11. The molecule has 116 valence electrons. The van der Waals surface area contributed by atoms with Gasteiger partial charge in [-0.05, 0) is 31.4 Å². The molecule has 1 saturated carbocycles. The van der Waals surface area contributed by atoms with E-state index in [0.717, 1.165) is 5.56 Å². The highest BCUT2D eigenvalue weighted by atomic mass is 16.5. The van der Waals surface area contributed by atoms with Crippen molar-refractivity contribution >= 4 is 5.97 Å². The van der Waals surface area contributed by atoms with E-state index >= 15 is 0 Å². The molecule has 1 unspecified atom stereocenters. The summed E-state index contributed by atoms with van der Waals surface area (Å²) in [6.45, 7) is 1.00. The van der Waals surface area contributed by atoms with Crippen LogP contribution in [0, 0.1) is 5.92 Å². The quantitative estimate of drug-likeness (QED) is 0.784. The van der Waals surface area contributed by atoms with Crippen LogP contribution in [0.1, 0.15) is 31.2 Å². The second-order valence-electron chi connectivity index (χ2n) is 5.68. The van der Waals surface area contributed by atoms with Crippen molar-refractivity contribution in [2.45, 2.75) is 31.2 Å². The van der Waals surface area contributed by atoms with Crippen LogP contribution in [0.4, 0.5) is 0 Å². The first-order valence-corrected chi connectivity index (χ1v) is 7.63. The molecule has 1 aromatic rings. The number of carbonyl (C=O) groups excluding carboxylic acids is 1. The minimum Gasteiger partial charge on any atom is -0.467 e. The monoisotopic (exact) mass is 291 g/mol. The topological polar surface area (TPSA) is 47.6 Å². The number of methoxy groups -OCH3 is 1. The highest BCUT2D eigenvalue weighted by molar-refractivity contribution is 5.82. The van der Waals surface area contributed by atoms with Crippen LogP contribution in [0.3, 0.4) is 0 Å². The molecule has 21 heavy (non-hydrogen) atoms. The van der Waals surface area contributed by atoms with Gasteiger partial charge in [-0.2, -0.15) is 0 Å². The summed E-state index contributed by atoms with van der Waals surface area (Å²) >= 11 is 0. The second-order valence-corrected chi connectivity index (χ2v) is 5.68. The zero-order valence-electron chi connectivity index (χ0n) is 12.9. The minimum absolute atomic E-state index is 0.288. The molecule has 0 spiro atoms. The third-order valence-electron chi connectivity index (χ3n) is 4.37. The van der Waals surface area contributed by atoms with E-state index in [0.29, 0.717) is 12.5 Å². The molecule has 0 heterocycles. The largest absolute Gasteiger partial charge is 0.467 e. The van der Waals surface area contributed by atoms with Gasteiger partial charge in [-0.3, -0.25) is 5.32 Å². The van der Waals surface area contributed by atoms with E-state index in [4.69, 9.17) is 9.47 Å². The van der Waals surface area contributed by atoms with Crippen molar-refractivity contribution in [1.29, 1.82) is 0 Å². The number of likely N-dealkylation sites (N-methyl/N-ethyl adjacent to an activating group) is 1. The van der Waals surface area contributed by atoms with Gasteiger partial charge in [-0.25, -0.2) is 4.79 Å². The Bertz CT molecular complexity index is 443. The van der Waals surface area contributed by atoms with Crippen LogP contribution >= 0.6 is 0 Å². The molecular weight excluding hydrogens is 266 g/mol. The molecule has 1 atom stereocenters. The summed E-state index contributed by atoms with van der Waals surface area (Å²) in [5.41, 5.74) is -0.0694. The molecule has 4 heteroatoms. The van der Waals surface area contributed by atoms with Gasteiger partial charge in [-0.1, -0.05) is 43.2 Å². The van der Waals surface area contributed by atoms with Crippen molar-refractivity contribution in [3.8, 4) is 0 Å². The minimum atomic E-state index is -0.936. The third kappa shape index (κ3) is 3.63. The number of esters is 1. The molecule has 1 N–H and O–H groups in total. The third-order valence-corrected chi connectivity index (χ3v) is 4.37. The van der Waals surface area contributed by atoms with E-state index in [9.17, 15) is 4.79 Å². The number of ether oxygens (including phenoxy) is 2. The Morgan fingerprint density at radius 1 is 1.29 bits per heavy atom. The Morgan fingerprint density at radius 2 is 1.95 bits per heavy atom. The summed E-state index contributed by atoms with van der Waals surface area (Å²) in [6.07, 6.45) is 5.05. The molecule has 0 saturated heterocycles. The molecular formula is C17H25NO3. The van der Waals surface area contributed by atoms with Crippen molar-refractivity contribution in [2.75, 3.05) is 27.4 Å². The fourth-order valence-corrected chi connectivity index (χ4v) is 3.03. The van der Waals surface area contributed by atoms with Crippen LogP contribution in [0.15, 0.2) is 30.3 Å². The van der Waals surface area contributed by atoms with Crippen molar-refractivity contribution in [2.24, 2.45) is 5.92 Å². The van der Waals surface area contributed by atoms with Crippen molar-refractivity contribution in [1.82, 2.24) is 5.32 Å². The summed E-state index contributed by atoms with van der Waals surface area (Å²) < 4.78 is 10.9. The molecule has 1 aliphatic rings. The molecule has 0 bridgehead atoms. The highest BCUT2D eigenvalue weighted by Crippen LogP contribution is 2.27. The summed E-state index contributed by atoms with van der Waals surface area (Å²) in [6, 6.07) is 9.61. The van der Waals surface area contributed by atoms with Gasteiger partial charge in [0.2, 0.25) is 0 Å². The van der Waals surface area contributed by atoms with Gasteiger partial charge >= 0.3 is 5.97 Å². The van der Waals surface area contributed by atoms with Crippen molar-refractivity contribution in [3.63, 3.8) is 0 Å². The zero-order chi connectivity index (χ0) is 15.1. The zero-order valence-corrected chi connectivity index (χ0v) is 12.9. The van der Waals surface area contributed by atoms with Gasteiger partial charge < -0.3 is 9.47 Å². The average Bonchev–Trinajstić information content (AvgIpc) is 3.05. The Balaban J connectivity index is 2.09. The number of hydrogen-bond donors (Lipinski definition) is 1. The molecule has 1 aliphatic carbocycles. The van der Waals surface area contributed by atoms with E-state index in [1.165, 1.54) is 32.8 Å². The molecule has 1 aromatic carbocycles. The lowest BCUT2D eigenvalue weighted by atomic mass is 9.90. The maximum absolute atomic E-state index is 12.3. The number of rotatable bonds is 7. The maximum atomic E-state index is 12.3. The lowest BCUT2D eigenvalue weighted by Crippen LogP contribution is -2.52. The molecule has 0 aromatic heterocycles. The number of nitrogens with one attached hydrogen (secondary N) is 1. The summed E-state index contributed by atoms with van der Waals surface area (Å²) in [5.74, 6) is 0.315. The maximum Gasteiger partial charge on any atom is 0.333 e. The Hall–Kier alpha value is -1.39. The Morgan fingerprint density at radius 3 is 2.52 bits per heavy atom. The lowest BCUT2D eigenvalue weighted by Gasteiger charge is -2.31.